The molecular formula is C17H23N5O. The van der Waals surface area contributed by atoms with Crippen LogP contribution in [-0.2, 0) is 24.4 Å². The lowest BCUT2D eigenvalue weighted by Crippen LogP contribution is -2.36. The molecule has 1 aliphatic carbocycles. The van der Waals surface area contributed by atoms with Gasteiger partial charge in [-0.2, -0.15) is 0 Å². The zero-order valence-corrected chi connectivity index (χ0v) is 13.6. The quantitative estimate of drug-likeness (QED) is 0.814. The molecule has 2 aromatic rings. The van der Waals surface area contributed by atoms with Crippen molar-refractivity contribution in [3.63, 3.8) is 0 Å². The van der Waals surface area contributed by atoms with Crippen molar-refractivity contribution in [2.75, 3.05) is 20.3 Å². The zero-order chi connectivity index (χ0) is 15.6. The molecule has 6 heteroatoms. The van der Waals surface area contributed by atoms with Crippen LogP contribution in [0.4, 0.5) is 0 Å². The van der Waals surface area contributed by atoms with E-state index in [4.69, 9.17) is 4.74 Å². The number of pyridine rings is 1. The molecule has 0 N–H and O–H groups in total. The highest BCUT2D eigenvalue weighted by Gasteiger charge is 2.32. The van der Waals surface area contributed by atoms with E-state index in [1.807, 2.05) is 18.5 Å². The monoisotopic (exact) mass is 313 g/mol. The molecule has 1 saturated carbocycles. The Morgan fingerprint density at radius 2 is 2.26 bits per heavy atom. The minimum Gasteiger partial charge on any atom is -0.384 e. The summed E-state index contributed by atoms with van der Waals surface area (Å²) in [6.07, 6.45) is 6.41. The van der Waals surface area contributed by atoms with Crippen LogP contribution in [0.5, 0.6) is 0 Å². The van der Waals surface area contributed by atoms with Crippen molar-refractivity contribution in [3.8, 4) is 0 Å². The Kier molecular flexibility index (Phi) is 4.10. The van der Waals surface area contributed by atoms with E-state index in [1.54, 1.807) is 7.11 Å². The third-order valence-corrected chi connectivity index (χ3v) is 4.71. The van der Waals surface area contributed by atoms with Gasteiger partial charge in [0.25, 0.3) is 0 Å². The minimum atomic E-state index is 0.342. The van der Waals surface area contributed by atoms with Crippen LogP contribution < -0.4 is 0 Å². The van der Waals surface area contributed by atoms with Crippen LogP contribution >= 0.6 is 0 Å². The summed E-state index contributed by atoms with van der Waals surface area (Å²) in [6, 6.07) is 4.11. The Hall–Kier alpha value is -1.79. The Morgan fingerprint density at radius 1 is 1.35 bits per heavy atom. The maximum absolute atomic E-state index is 5.47. The molecule has 0 amide bonds. The second-order valence-corrected chi connectivity index (χ2v) is 6.73. The Bertz CT molecular complexity index is 652. The summed E-state index contributed by atoms with van der Waals surface area (Å²) in [5.41, 5.74) is 3.64. The highest BCUT2D eigenvalue weighted by Crippen LogP contribution is 2.34. The molecule has 0 saturated heterocycles. The second kappa shape index (κ2) is 6.37. The minimum absolute atomic E-state index is 0.342. The number of rotatable bonds is 6. The molecule has 0 aromatic carbocycles. The first-order chi connectivity index (χ1) is 11.3. The molecule has 1 fully saturated rings. The predicted octanol–water partition coefficient (Wildman–Crippen LogP) is 1.83. The van der Waals surface area contributed by atoms with E-state index < -0.39 is 0 Å². The molecule has 6 nitrogen and oxygen atoms in total. The van der Waals surface area contributed by atoms with Crippen molar-refractivity contribution in [2.24, 2.45) is 5.92 Å². The van der Waals surface area contributed by atoms with Crippen molar-refractivity contribution in [1.29, 1.82) is 0 Å². The highest BCUT2D eigenvalue weighted by atomic mass is 16.5. The van der Waals surface area contributed by atoms with Crippen LogP contribution in [0.1, 0.15) is 35.7 Å². The lowest BCUT2D eigenvalue weighted by molar-refractivity contribution is 0.131. The first-order valence-corrected chi connectivity index (χ1v) is 8.36. The van der Waals surface area contributed by atoms with Crippen LogP contribution in [0.3, 0.4) is 0 Å². The Labute approximate surface area is 136 Å². The molecule has 2 aliphatic rings. The van der Waals surface area contributed by atoms with Crippen LogP contribution in [0.25, 0.3) is 0 Å². The van der Waals surface area contributed by atoms with Crippen molar-refractivity contribution in [2.45, 2.75) is 38.4 Å². The summed E-state index contributed by atoms with van der Waals surface area (Å²) < 4.78 is 7.61. The number of aromatic nitrogens is 4. The second-order valence-electron chi connectivity index (χ2n) is 6.73. The summed E-state index contributed by atoms with van der Waals surface area (Å²) >= 11 is 0. The molecule has 122 valence electrons. The largest absolute Gasteiger partial charge is 0.384 e. The zero-order valence-electron chi connectivity index (χ0n) is 13.6. The van der Waals surface area contributed by atoms with Crippen molar-refractivity contribution >= 4 is 0 Å². The van der Waals surface area contributed by atoms with Crippen LogP contribution in [-0.4, -0.2) is 45.1 Å². The normalized spacial score (nSPS) is 21.3. The molecule has 4 rings (SSSR count). The molecule has 23 heavy (non-hydrogen) atoms. The standard InChI is InChI=1S/C17H23N5O/c1-23-12-15-10-21(8-14-3-2-6-18-7-14)11-16-17(15)22(20-19-16)9-13-4-5-13/h2-3,6-7,13,15H,4-5,8-12H2,1H3. The SMILES string of the molecule is COCC1CN(Cc2cccnc2)Cc2nnn(CC3CC3)c21. The van der Waals surface area contributed by atoms with Gasteiger partial charge in [-0.3, -0.25) is 9.88 Å². The topological polar surface area (TPSA) is 56.1 Å². The van der Waals surface area contributed by atoms with Crippen LogP contribution in [0, 0.1) is 5.92 Å². The van der Waals surface area contributed by atoms with Gasteiger partial charge in [0.15, 0.2) is 0 Å². The molecule has 1 aliphatic heterocycles. The van der Waals surface area contributed by atoms with E-state index in [1.165, 1.54) is 24.1 Å². The van der Waals surface area contributed by atoms with Crippen molar-refractivity contribution < 1.29 is 4.74 Å². The van der Waals surface area contributed by atoms with E-state index in [-0.39, 0.29) is 0 Å². The van der Waals surface area contributed by atoms with Gasteiger partial charge in [-0.1, -0.05) is 11.3 Å². The molecular weight excluding hydrogens is 290 g/mol. The van der Waals surface area contributed by atoms with Gasteiger partial charge in [0.1, 0.15) is 5.69 Å². The molecule has 0 bridgehead atoms. The highest BCUT2D eigenvalue weighted by molar-refractivity contribution is 5.21. The maximum atomic E-state index is 5.47. The number of nitrogens with zero attached hydrogens (tertiary/aromatic N) is 5. The van der Waals surface area contributed by atoms with Gasteiger partial charge in [-0.25, -0.2) is 4.68 Å². The molecule has 2 aromatic heterocycles. The van der Waals surface area contributed by atoms with Gasteiger partial charge in [0.05, 0.1) is 12.3 Å². The molecule has 1 unspecified atom stereocenters. The summed E-state index contributed by atoms with van der Waals surface area (Å²) in [4.78, 5) is 6.63. The van der Waals surface area contributed by atoms with E-state index in [9.17, 15) is 0 Å². The molecule has 1 atom stereocenters. The van der Waals surface area contributed by atoms with Gasteiger partial charge in [0.2, 0.25) is 0 Å². The number of fused-ring (bicyclic) bond motifs is 1. The predicted molar refractivity (Wildman–Crippen MR) is 85.7 cm³/mol. The lowest BCUT2D eigenvalue weighted by Gasteiger charge is -2.32. The third kappa shape index (κ3) is 3.28. The van der Waals surface area contributed by atoms with Crippen molar-refractivity contribution in [1.82, 2.24) is 24.9 Å². The molecule has 0 radical (unpaired) electrons. The first-order valence-electron chi connectivity index (χ1n) is 8.36. The van der Waals surface area contributed by atoms with Gasteiger partial charge in [0, 0.05) is 51.6 Å². The fourth-order valence-electron chi connectivity index (χ4n) is 3.47. The number of hydrogen-bond acceptors (Lipinski definition) is 5. The number of ether oxygens (including phenoxy) is 1. The Balaban J connectivity index is 1.54. The fraction of sp³-hybridized carbons (Fsp3) is 0.588. The van der Waals surface area contributed by atoms with Gasteiger partial charge < -0.3 is 4.74 Å². The first kappa shape index (κ1) is 14.8. The Morgan fingerprint density at radius 3 is 3.00 bits per heavy atom. The summed E-state index contributed by atoms with van der Waals surface area (Å²) in [5.74, 6) is 1.14. The summed E-state index contributed by atoms with van der Waals surface area (Å²) in [7, 11) is 1.77. The van der Waals surface area contributed by atoms with E-state index in [2.05, 4.69) is 30.9 Å². The van der Waals surface area contributed by atoms with Gasteiger partial charge >= 0.3 is 0 Å². The average molecular weight is 313 g/mol. The molecule has 3 heterocycles. The molecule has 0 spiro atoms. The lowest BCUT2D eigenvalue weighted by atomic mass is 9.98. The smallest absolute Gasteiger partial charge is 0.100 e. The van der Waals surface area contributed by atoms with E-state index in [0.717, 1.165) is 37.8 Å². The fourth-order valence-corrected chi connectivity index (χ4v) is 3.47. The average Bonchev–Trinajstić information content (AvgIpc) is 3.28. The van der Waals surface area contributed by atoms with E-state index >= 15 is 0 Å². The summed E-state index contributed by atoms with van der Waals surface area (Å²) in [5, 5.41) is 8.89. The van der Waals surface area contributed by atoms with Gasteiger partial charge in [-0.15, -0.1) is 5.10 Å². The maximum Gasteiger partial charge on any atom is 0.100 e. The summed E-state index contributed by atoms with van der Waals surface area (Å²) in [6.45, 7) is 4.46. The van der Waals surface area contributed by atoms with E-state index in [0.29, 0.717) is 12.5 Å². The number of methoxy groups -OCH3 is 1. The number of hydrogen-bond donors (Lipinski definition) is 0. The van der Waals surface area contributed by atoms with Crippen LogP contribution in [0.2, 0.25) is 0 Å². The van der Waals surface area contributed by atoms with Gasteiger partial charge in [-0.05, 0) is 30.4 Å². The van der Waals surface area contributed by atoms with Crippen LogP contribution in [0.15, 0.2) is 24.5 Å². The third-order valence-electron chi connectivity index (χ3n) is 4.71. The van der Waals surface area contributed by atoms with Crippen molar-refractivity contribution in [3.05, 3.63) is 41.5 Å².